The van der Waals surface area contributed by atoms with Crippen LogP contribution in [-0.2, 0) is 23.2 Å². The molecule has 29 heavy (non-hydrogen) atoms. The molecule has 152 valence electrons. The highest BCUT2D eigenvalue weighted by molar-refractivity contribution is 5.78. The van der Waals surface area contributed by atoms with E-state index < -0.39 is 0 Å². The maximum absolute atomic E-state index is 12.6. The third-order valence-electron chi connectivity index (χ3n) is 5.40. The van der Waals surface area contributed by atoms with Crippen molar-refractivity contribution in [2.24, 2.45) is 0 Å². The maximum Gasteiger partial charge on any atom is 0.258 e. The van der Waals surface area contributed by atoms with Gasteiger partial charge in [0.2, 0.25) is 5.91 Å². The molecule has 4 rings (SSSR count). The van der Waals surface area contributed by atoms with Gasteiger partial charge in [0, 0.05) is 24.1 Å². The molecule has 0 fully saturated rings. The zero-order chi connectivity index (χ0) is 20.6. The number of para-hydroxylation sites is 1. The first-order valence-electron chi connectivity index (χ1n) is 10.2. The van der Waals surface area contributed by atoms with E-state index in [1.54, 1.807) is 6.07 Å². The predicted octanol–water partition coefficient (Wildman–Crippen LogP) is 3.00. The molecule has 1 amide bonds. The summed E-state index contributed by atoms with van der Waals surface area (Å²) in [5.74, 6) is 0.496. The lowest BCUT2D eigenvalue weighted by Crippen LogP contribution is -2.32. The van der Waals surface area contributed by atoms with Crippen LogP contribution < -0.4 is 10.9 Å². The molecule has 3 aromatic rings. The normalized spacial score (nSPS) is 16.6. The minimum Gasteiger partial charge on any atom is -0.349 e. The number of benzene rings is 1. The van der Waals surface area contributed by atoms with E-state index in [0.29, 0.717) is 23.1 Å². The molecule has 1 aliphatic rings. The fraction of sp³-hybridized carbons (Fsp3) is 0.455. The molecule has 1 atom stereocenters. The van der Waals surface area contributed by atoms with E-state index in [0.717, 1.165) is 24.8 Å². The largest absolute Gasteiger partial charge is 0.349 e. The number of hydrogen-bond donors (Lipinski definition) is 2. The molecule has 1 aliphatic carbocycles. The van der Waals surface area contributed by atoms with E-state index in [-0.39, 0.29) is 29.5 Å². The molecule has 0 saturated heterocycles. The zero-order valence-electron chi connectivity index (χ0n) is 17.2. The van der Waals surface area contributed by atoms with Crippen LogP contribution in [-0.4, -0.2) is 25.7 Å². The smallest absolute Gasteiger partial charge is 0.258 e. The fourth-order valence-corrected chi connectivity index (χ4v) is 4.04. The second kappa shape index (κ2) is 7.46. The summed E-state index contributed by atoms with van der Waals surface area (Å²) in [6, 6.07) is 7.21. The van der Waals surface area contributed by atoms with Crippen molar-refractivity contribution in [1.82, 2.24) is 25.1 Å². The van der Waals surface area contributed by atoms with Gasteiger partial charge in [-0.1, -0.05) is 12.1 Å². The zero-order valence-corrected chi connectivity index (χ0v) is 17.2. The molecule has 0 aliphatic heterocycles. The quantitative estimate of drug-likeness (QED) is 0.713. The Kier molecular flexibility index (Phi) is 4.98. The molecule has 0 spiro atoms. The van der Waals surface area contributed by atoms with Gasteiger partial charge in [-0.15, -0.1) is 0 Å². The van der Waals surface area contributed by atoms with Gasteiger partial charge >= 0.3 is 0 Å². The highest BCUT2D eigenvalue weighted by Crippen LogP contribution is 2.32. The Bertz CT molecular complexity index is 1110. The number of fused-ring (bicyclic) bond motifs is 2. The number of aryl methyl sites for hydroxylation is 1. The highest BCUT2D eigenvalue weighted by atomic mass is 16.1. The van der Waals surface area contributed by atoms with E-state index >= 15 is 0 Å². The lowest BCUT2D eigenvalue weighted by atomic mass is 9.92. The van der Waals surface area contributed by atoms with Crippen molar-refractivity contribution in [2.75, 3.05) is 0 Å². The number of amides is 1. The van der Waals surface area contributed by atoms with Gasteiger partial charge in [-0.2, -0.15) is 5.10 Å². The van der Waals surface area contributed by atoms with Gasteiger partial charge in [0.15, 0.2) is 0 Å². The third kappa shape index (κ3) is 3.95. The van der Waals surface area contributed by atoms with Crippen molar-refractivity contribution in [1.29, 1.82) is 0 Å². The Hall–Kier alpha value is -2.96. The van der Waals surface area contributed by atoms with E-state index in [1.807, 2.05) is 24.4 Å². The van der Waals surface area contributed by atoms with Crippen LogP contribution in [0.1, 0.15) is 63.2 Å². The summed E-state index contributed by atoms with van der Waals surface area (Å²) in [5.41, 5.74) is 2.75. The molecule has 7 heteroatoms. The highest BCUT2D eigenvalue weighted by Gasteiger charge is 2.28. The van der Waals surface area contributed by atoms with Gasteiger partial charge in [0.1, 0.15) is 5.82 Å². The molecule has 0 unspecified atom stereocenters. The fourth-order valence-electron chi connectivity index (χ4n) is 4.04. The summed E-state index contributed by atoms with van der Waals surface area (Å²) < 4.78 is 2.07. The Labute approximate surface area is 169 Å². The topological polar surface area (TPSA) is 92.7 Å². The Morgan fingerprint density at radius 3 is 2.90 bits per heavy atom. The molecular weight excluding hydrogens is 366 g/mol. The van der Waals surface area contributed by atoms with Crippen molar-refractivity contribution in [3.8, 4) is 0 Å². The molecule has 7 nitrogen and oxygen atoms in total. The summed E-state index contributed by atoms with van der Waals surface area (Å²) in [4.78, 5) is 32.0. The number of aromatic nitrogens is 4. The molecule has 2 N–H and O–H groups in total. The van der Waals surface area contributed by atoms with E-state index in [1.165, 1.54) is 5.69 Å². The SMILES string of the molecule is CC(C)(C)n1ncc2c1CCC[C@H]2NC(=O)CCc1nc2ccccc2c(=O)[nH]1. The second-order valence-corrected chi connectivity index (χ2v) is 8.67. The molecule has 1 aromatic carbocycles. The van der Waals surface area contributed by atoms with Crippen molar-refractivity contribution >= 4 is 16.8 Å². The van der Waals surface area contributed by atoms with Crippen LogP contribution in [0.5, 0.6) is 0 Å². The van der Waals surface area contributed by atoms with E-state index in [2.05, 4.69) is 45.8 Å². The van der Waals surface area contributed by atoms with Crippen LogP contribution in [0.4, 0.5) is 0 Å². The third-order valence-corrected chi connectivity index (χ3v) is 5.40. The van der Waals surface area contributed by atoms with Crippen LogP contribution in [0.25, 0.3) is 10.9 Å². The summed E-state index contributed by atoms with van der Waals surface area (Å²) >= 11 is 0. The van der Waals surface area contributed by atoms with Crippen molar-refractivity contribution < 1.29 is 4.79 Å². The first-order valence-corrected chi connectivity index (χ1v) is 10.2. The maximum atomic E-state index is 12.6. The van der Waals surface area contributed by atoms with Crippen molar-refractivity contribution in [3.05, 3.63) is 57.9 Å². The summed E-state index contributed by atoms with van der Waals surface area (Å²) in [5, 5.41) is 8.29. The lowest BCUT2D eigenvalue weighted by molar-refractivity contribution is -0.121. The molecular formula is C22H27N5O2. The number of rotatable bonds is 4. The van der Waals surface area contributed by atoms with Gasteiger partial charge in [0.05, 0.1) is 28.7 Å². The monoisotopic (exact) mass is 393 g/mol. The number of H-pyrrole nitrogens is 1. The first kappa shape index (κ1) is 19.4. The van der Waals surface area contributed by atoms with Gasteiger partial charge in [0.25, 0.3) is 5.56 Å². The second-order valence-electron chi connectivity index (χ2n) is 8.67. The van der Waals surface area contributed by atoms with Crippen LogP contribution in [0.3, 0.4) is 0 Å². The van der Waals surface area contributed by atoms with E-state index in [4.69, 9.17) is 0 Å². The number of nitrogens with one attached hydrogen (secondary N) is 2. The van der Waals surface area contributed by atoms with Gasteiger partial charge in [-0.25, -0.2) is 4.98 Å². The molecule has 0 radical (unpaired) electrons. The van der Waals surface area contributed by atoms with Gasteiger partial charge in [-0.05, 0) is 52.2 Å². The average molecular weight is 393 g/mol. The van der Waals surface area contributed by atoms with Crippen LogP contribution in [0.2, 0.25) is 0 Å². The number of carbonyl (C=O) groups excluding carboxylic acids is 1. The van der Waals surface area contributed by atoms with E-state index in [9.17, 15) is 9.59 Å². The Balaban J connectivity index is 1.44. The standard InChI is InChI=1S/C22H27N5O2/c1-22(2,3)27-18-10-6-9-17(15(18)13-23-27)25-20(28)12-11-19-24-16-8-5-4-7-14(16)21(29)26-19/h4-5,7-8,13,17H,6,9-12H2,1-3H3,(H,25,28)(H,24,26,29)/t17-/m1/s1. The predicted molar refractivity (Wildman–Crippen MR) is 112 cm³/mol. The van der Waals surface area contributed by atoms with Gasteiger partial charge in [-0.3, -0.25) is 14.3 Å². The average Bonchev–Trinajstić information content (AvgIpc) is 3.12. The van der Waals surface area contributed by atoms with Gasteiger partial charge < -0.3 is 10.3 Å². The summed E-state index contributed by atoms with van der Waals surface area (Å²) in [6.45, 7) is 6.42. The van der Waals surface area contributed by atoms with Crippen molar-refractivity contribution in [3.63, 3.8) is 0 Å². The van der Waals surface area contributed by atoms with Crippen molar-refractivity contribution in [2.45, 2.75) is 64.5 Å². The molecule has 0 bridgehead atoms. The van der Waals surface area contributed by atoms with Crippen LogP contribution in [0, 0.1) is 0 Å². The Morgan fingerprint density at radius 1 is 1.31 bits per heavy atom. The molecule has 0 saturated carbocycles. The number of carbonyl (C=O) groups is 1. The first-order chi connectivity index (χ1) is 13.8. The number of nitrogens with zero attached hydrogens (tertiary/aromatic N) is 3. The number of aromatic amines is 1. The minimum atomic E-state index is -0.169. The number of hydrogen-bond acceptors (Lipinski definition) is 4. The lowest BCUT2D eigenvalue weighted by Gasteiger charge is -2.28. The molecule has 2 aromatic heterocycles. The summed E-state index contributed by atoms with van der Waals surface area (Å²) in [7, 11) is 0. The molecule has 2 heterocycles. The minimum absolute atomic E-state index is 0.00837. The van der Waals surface area contributed by atoms with Crippen LogP contribution in [0.15, 0.2) is 35.3 Å². The van der Waals surface area contributed by atoms with Crippen LogP contribution >= 0.6 is 0 Å². The Morgan fingerprint density at radius 2 is 2.10 bits per heavy atom. The summed E-state index contributed by atoms with van der Waals surface area (Å²) in [6.07, 6.45) is 5.50.